The molecule has 0 saturated heterocycles. The number of carbonyl (C=O) groups excluding carboxylic acids is 2. The smallest absolute Gasteiger partial charge is 0.237 e. The van der Waals surface area contributed by atoms with Gasteiger partial charge in [-0.15, -0.1) is 10.2 Å². The summed E-state index contributed by atoms with van der Waals surface area (Å²) >= 11 is 2.86. The first-order valence-electron chi connectivity index (χ1n) is 9.20. The predicted octanol–water partition coefficient (Wildman–Crippen LogP) is 4.60. The summed E-state index contributed by atoms with van der Waals surface area (Å²) in [7, 11) is 0. The second kappa shape index (κ2) is 9.32. The van der Waals surface area contributed by atoms with Gasteiger partial charge in [-0.25, -0.2) is 0 Å². The molecular formula is C19H24N4O2S2. The van der Waals surface area contributed by atoms with Crippen molar-refractivity contribution in [2.45, 2.75) is 61.6 Å². The highest BCUT2D eigenvalue weighted by atomic mass is 32.2. The van der Waals surface area contributed by atoms with Crippen LogP contribution in [0.15, 0.2) is 28.6 Å². The molecule has 3 rings (SSSR count). The number of nitrogens with zero attached hydrogens (tertiary/aromatic N) is 2. The third-order valence-electron chi connectivity index (χ3n) is 4.55. The van der Waals surface area contributed by atoms with Gasteiger partial charge in [0.05, 0.1) is 10.9 Å². The monoisotopic (exact) mass is 404 g/mol. The molecule has 144 valence electrons. The molecule has 1 fully saturated rings. The molecule has 1 aliphatic rings. The first-order chi connectivity index (χ1) is 13.0. The Bertz CT molecular complexity index is 803. The van der Waals surface area contributed by atoms with Gasteiger partial charge in [0.1, 0.15) is 0 Å². The second-order valence-corrected chi connectivity index (χ2v) is 9.27. The zero-order valence-corrected chi connectivity index (χ0v) is 17.2. The summed E-state index contributed by atoms with van der Waals surface area (Å²) in [6, 6.07) is 7.52. The van der Waals surface area contributed by atoms with Gasteiger partial charge in [-0.1, -0.05) is 54.5 Å². The Morgan fingerprint density at radius 2 is 1.93 bits per heavy atom. The van der Waals surface area contributed by atoms with Crippen molar-refractivity contribution >= 4 is 45.6 Å². The maximum Gasteiger partial charge on any atom is 0.237 e. The Kier molecular flexibility index (Phi) is 6.84. The predicted molar refractivity (Wildman–Crippen MR) is 111 cm³/mol. The molecule has 27 heavy (non-hydrogen) atoms. The Morgan fingerprint density at radius 1 is 1.19 bits per heavy atom. The minimum absolute atomic E-state index is 0.0752. The number of thioether (sulfide) groups is 1. The van der Waals surface area contributed by atoms with E-state index in [2.05, 4.69) is 20.8 Å². The quantitative estimate of drug-likeness (QED) is 0.518. The van der Waals surface area contributed by atoms with Crippen LogP contribution in [0.4, 0.5) is 10.8 Å². The highest BCUT2D eigenvalue weighted by Gasteiger charge is 2.20. The van der Waals surface area contributed by atoms with E-state index >= 15 is 0 Å². The van der Waals surface area contributed by atoms with Crippen molar-refractivity contribution in [3.05, 3.63) is 29.8 Å². The third-order valence-corrected chi connectivity index (χ3v) is 6.59. The number of amides is 1. The number of hydrogen-bond donors (Lipinski definition) is 2. The molecule has 0 aliphatic heterocycles. The van der Waals surface area contributed by atoms with Gasteiger partial charge in [0.2, 0.25) is 11.0 Å². The molecule has 1 unspecified atom stereocenters. The molecule has 0 spiro atoms. The molecule has 1 aromatic carbocycles. The number of ketones is 1. The molecule has 0 radical (unpaired) electrons. The van der Waals surface area contributed by atoms with E-state index in [1.165, 1.54) is 62.1 Å². The summed E-state index contributed by atoms with van der Waals surface area (Å²) in [5.41, 5.74) is 1.05. The molecule has 1 amide bonds. The summed E-state index contributed by atoms with van der Waals surface area (Å²) in [5, 5.41) is 15.2. The highest BCUT2D eigenvalue weighted by molar-refractivity contribution is 8.02. The van der Waals surface area contributed by atoms with Crippen LogP contribution in [0.2, 0.25) is 0 Å². The van der Waals surface area contributed by atoms with E-state index in [0.29, 0.717) is 17.3 Å². The largest absolute Gasteiger partial charge is 0.357 e. The maximum absolute atomic E-state index is 12.5. The highest BCUT2D eigenvalue weighted by Crippen LogP contribution is 2.31. The average molecular weight is 405 g/mol. The number of nitrogens with one attached hydrogen (secondary N) is 2. The van der Waals surface area contributed by atoms with Gasteiger partial charge in [-0.2, -0.15) is 0 Å². The lowest BCUT2D eigenvalue weighted by molar-refractivity contribution is -0.115. The number of anilines is 2. The fourth-order valence-electron chi connectivity index (χ4n) is 3.08. The van der Waals surface area contributed by atoms with Crippen LogP contribution in [0.3, 0.4) is 0 Å². The number of Topliss-reactive ketones (excluding diaryl/α,β-unsaturated/α-hetero) is 1. The van der Waals surface area contributed by atoms with Gasteiger partial charge in [-0.3, -0.25) is 9.59 Å². The summed E-state index contributed by atoms with van der Waals surface area (Å²) in [6.07, 6.45) is 6.19. The van der Waals surface area contributed by atoms with Gasteiger partial charge < -0.3 is 10.6 Å². The van der Waals surface area contributed by atoms with Crippen molar-refractivity contribution in [3.8, 4) is 0 Å². The van der Waals surface area contributed by atoms with Crippen LogP contribution in [0.5, 0.6) is 0 Å². The molecule has 2 aromatic rings. The van der Waals surface area contributed by atoms with E-state index in [4.69, 9.17) is 0 Å². The molecule has 0 bridgehead atoms. The molecule has 6 nitrogen and oxygen atoms in total. The number of hydrogen-bond acceptors (Lipinski definition) is 7. The number of para-hydroxylation sites is 1. The fraction of sp³-hybridized carbons (Fsp3) is 0.474. The van der Waals surface area contributed by atoms with Gasteiger partial charge in [-0.05, 0) is 38.8 Å². The van der Waals surface area contributed by atoms with Crippen molar-refractivity contribution in [1.29, 1.82) is 0 Å². The van der Waals surface area contributed by atoms with Crippen LogP contribution in [0.25, 0.3) is 0 Å². The van der Waals surface area contributed by atoms with Crippen LogP contribution >= 0.6 is 23.1 Å². The van der Waals surface area contributed by atoms with Crippen molar-refractivity contribution in [3.63, 3.8) is 0 Å². The van der Waals surface area contributed by atoms with E-state index in [-0.39, 0.29) is 16.9 Å². The Morgan fingerprint density at radius 3 is 2.67 bits per heavy atom. The molecule has 1 aliphatic carbocycles. The number of benzene rings is 1. The van der Waals surface area contributed by atoms with E-state index in [0.717, 1.165) is 9.47 Å². The third kappa shape index (κ3) is 5.52. The van der Waals surface area contributed by atoms with Crippen molar-refractivity contribution in [1.82, 2.24) is 10.2 Å². The van der Waals surface area contributed by atoms with Gasteiger partial charge in [0, 0.05) is 11.6 Å². The summed E-state index contributed by atoms with van der Waals surface area (Å²) in [6.45, 7) is 3.32. The Hall–Kier alpha value is -1.93. The van der Waals surface area contributed by atoms with Gasteiger partial charge in [0.15, 0.2) is 10.1 Å². The van der Waals surface area contributed by atoms with Crippen LogP contribution in [0.1, 0.15) is 56.3 Å². The first kappa shape index (κ1) is 19.8. The van der Waals surface area contributed by atoms with E-state index in [1.54, 1.807) is 24.3 Å². The first-order valence-corrected chi connectivity index (χ1v) is 10.9. The van der Waals surface area contributed by atoms with Gasteiger partial charge in [0.25, 0.3) is 0 Å². The molecule has 8 heteroatoms. The summed E-state index contributed by atoms with van der Waals surface area (Å²) < 4.78 is 0.760. The molecule has 1 heterocycles. The second-order valence-electron chi connectivity index (χ2n) is 6.70. The van der Waals surface area contributed by atoms with E-state index in [9.17, 15) is 9.59 Å². The van der Waals surface area contributed by atoms with E-state index in [1.807, 2.05) is 6.92 Å². The minimum Gasteiger partial charge on any atom is -0.357 e. The average Bonchev–Trinajstić information content (AvgIpc) is 3.09. The van der Waals surface area contributed by atoms with E-state index < -0.39 is 0 Å². The van der Waals surface area contributed by atoms with Crippen molar-refractivity contribution in [2.24, 2.45) is 0 Å². The molecule has 1 saturated carbocycles. The van der Waals surface area contributed by atoms with Crippen molar-refractivity contribution < 1.29 is 9.59 Å². The minimum atomic E-state index is -0.347. The Labute approximate surface area is 167 Å². The zero-order chi connectivity index (χ0) is 19.2. The fourth-order valence-corrected chi connectivity index (χ4v) is 5.05. The van der Waals surface area contributed by atoms with Crippen LogP contribution in [0, 0.1) is 0 Å². The number of carbonyl (C=O) groups is 2. The SMILES string of the molecule is CC(=O)c1ccccc1NC(=O)C(C)Sc1nnc(NC2CCCCC2)s1. The number of aromatic nitrogens is 2. The molecular weight excluding hydrogens is 380 g/mol. The summed E-state index contributed by atoms with van der Waals surface area (Å²) in [4.78, 5) is 24.2. The topological polar surface area (TPSA) is 84.0 Å². The molecule has 1 atom stereocenters. The Balaban J connectivity index is 1.56. The van der Waals surface area contributed by atoms with Gasteiger partial charge >= 0.3 is 0 Å². The van der Waals surface area contributed by atoms with Crippen molar-refractivity contribution in [2.75, 3.05) is 10.6 Å². The molecule has 2 N–H and O–H groups in total. The summed E-state index contributed by atoms with van der Waals surface area (Å²) in [5.74, 6) is -0.237. The normalized spacial score (nSPS) is 15.9. The zero-order valence-electron chi connectivity index (χ0n) is 15.5. The van der Waals surface area contributed by atoms with Crippen LogP contribution < -0.4 is 10.6 Å². The maximum atomic E-state index is 12.5. The van der Waals surface area contributed by atoms with Crippen LogP contribution in [-0.2, 0) is 4.79 Å². The van der Waals surface area contributed by atoms with Crippen LogP contribution in [-0.4, -0.2) is 33.2 Å². The lowest BCUT2D eigenvalue weighted by atomic mass is 9.96. The standard InChI is InChI=1S/C19H24N4O2S2/c1-12(24)15-10-6-7-11-16(15)21-17(25)13(2)26-19-23-22-18(27-19)20-14-8-4-3-5-9-14/h6-7,10-11,13-14H,3-5,8-9H2,1-2H3,(H,20,22)(H,21,25). The molecule has 1 aromatic heterocycles. The number of rotatable bonds is 7. The lowest BCUT2D eigenvalue weighted by Crippen LogP contribution is -2.23. The lowest BCUT2D eigenvalue weighted by Gasteiger charge is -2.21.